The second-order valence-electron chi connectivity index (χ2n) is 5.43. The number of carboxylic acid groups (broad SMARTS) is 1. The quantitative estimate of drug-likeness (QED) is 0.867. The van der Waals surface area contributed by atoms with E-state index in [1.54, 1.807) is 30.5 Å². The highest BCUT2D eigenvalue weighted by molar-refractivity contribution is 7.89. The Bertz CT molecular complexity index is 839. The molecule has 1 saturated heterocycles. The lowest BCUT2D eigenvalue weighted by Gasteiger charge is -2.33. The van der Waals surface area contributed by atoms with E-state index in [4.69, 9.17) is 4.74 Å². The largest absolute Gasteiger partial charge is 0.480 e. The van der Waals surface area contributed by atoms with Gasteiger partial charge in [-0.05, 0) is 24.3 Å². The molecule has 0 bridgehead atoms. The third-order valence-electron chi connectivity index (χ3n) is 3.98. The summed E-state index contributed by atoms with van der Waals surface area (Å²) in [6, 6.07) is 8.02. The number of pyridine rings is 1. The Morgan fingerprint density at radius 2 is 1.96 bits per heavy atom. The van der Waals surface area contributed by atoms with Crippen LogP contribution in [0.5, 0.6) is 0 Å². The number of hydrogen-bond acceptors (Lipinski definition) is 5. The molecule has 1 fully saturated rings. The Morgan fingerprint density at radius 1 is 1.22 bits per heavy atom. The van der Waals surface area contributed by atoms with E-state index in [1.807, 2.05) is 0 Å². The van der Waals surface area contributed by atoms with E-state index in [0.29, 0.717) is 10.9 Å². The van der Waals surface area contributed by atoms with Gasteiger partial charge in [0.1, 0.15) is 5.54 Å². The number of ether oxygens (including phenoxy) is 1. The molecule has 1 aliphatic heterocycles. The van der Waals surface area contributed by atoms with Crippen LogP contribution in [-0.4, -0.2) is 43.2 Å². The summed E-state index contributed by atoms with van der Waals surface area (Å²) in [4.78, 5) is 15.8. The van der Waals surface area contributed by atoms with Crippen molar-refractivity contribution in [3.05, 3.63) is 36.5 Å². The summed E-state index contributed by atoms with van der Waals surface area (Å²) in [6.45, 7) is 0.401. The van der Waals surface area contributed by atoms with Crippen LogP contribution in [0.15, 0.2) is 41.4 Å². The van der Waals surface area contributed by atoms with E-state index in [1.165, 1.54) is 6.07 Å². The lowest BCUT2D eigenvalue weighted by Crippen LogP contribution is -2.57. The first-order valence-electron chi connectivity index (χ1n) is 7.13. The third-order valence-corrected chi connectivity index (χ3v) is 5.58. The smallest absolute Gasteiger partial charge is 0.325 e. The van der Waals surface area contributed by atoms with Crippen molar-refractivity contribution < 1.29 is 23.1 Å². The monoisotopic (exact) mass is 336 g/mol. The Balaban J connectivity index is 2.05. The minimum Gasteiger partial charge on any atom is -0.480 e. The zero-order chi connectivity index (χ0) is 16.5. The first-order chi connectivity index (χ1) is 10.9. The number of fused-ring (bicyclic) bond motifs is 1. The highest BCUT2D eigenvalue weighted by atomic mass is 32.2. The fourth-order valence-electron chi connectivity index (χ4n) is 2.70. The van der Waals surface area contributed by atoms with Gasteiger partial charge in [-0.25, -0.2) is 8.42 Å². The molecule has 1 aromatic heterocycles. The molecular formula is C15H16N2O5S. The summed E-state index contributed by atoms with van der Waals surface area (Å²) in [7, 11) is -4.02. The van der Waals surface area contributed by atoms with Crippen molar-refractivity contribution in [2.45, 2.75) is 23.3 Å². The van der Waals surface area contributed by atoms with Crippen LogP contribution >= 0.6 is 0 Å². The van der Waals surface area contributed by atoms with Crippen molar-refractivity contribution in [1.29, 1.82) is 0 Å². The number of aromatic nitrogens is 1. The number of sulfonamides is 1. The van der Waals surface area contributed by atoms with Gasteiger partial charge in [0.2, 0.25) is 10.0 Å². The van der Waals surface area contributed by atoms with Gasteiger partial charge in [-0.1, -0.05) is 6.07 Å². The summed E-state index contributed by atoms with van der Waals surface area (Å²) < 4.78 is 33.1. The van der Waals surface area contributed by atoms with E-state index in [9.17, 15) is 18.3 Å². The van der Waals surface area contributed by atoms with Crippen LogP contribution < -0.4 is 4.72 Å². The molecule has 0 radical (unpaired) electrons. The third kappa shape index (κ3) is 2.92. The maximum atomic E-state index is 12.8. The Hall–Kier alpha value is -2.03. The lowest BCUT2D eigenvalue weighted by molar-refractivity contribution is -0.147. The molecule has 0 amide bonds. The van der Waals surface area contributed by atoms with E-state index >= 15 is 0 Å². The zero-order valence-corrected chi connectivity index (χ0v) is 13.0. The van der Waals surface area contributed by atoms with Gasteiger partial charge >= 0.3 is 5.97 Å². The molecule has 0 unspecified atom stereocenters. The van der Waals surface area contributed by atoms with Crippen LogP contribution in [0.25, 0.3) is 10.9 Å². The van der Waals surface area contributed by atoms with Crippen LogP contribution in [0.2, 0.25) is 0 Å². The van der Waals surface area contributed by atoms with Gasteiger partial charge in [0.15, 0.2) is 0 Å². The van der Waals surface area contributed by atoms with Gasteiger partial charge < -0.3 is 9.84 Å². The lowest BCUT2D eigenvalue weighted by atomic mass is 9.92. The van der Waals surface area contributed by atoms with E-state index in [2.05, 4.69) is 9.71 Å². The summed E-state index contributed by atoms with van der Waals surface area (Å²) in [6.07, 6.45) is 1.75. The second-order valence-corrected chi connectivity index (χ2v) is 7.08. The Labute approximate surface area is 133 Å². The molecule has 0 aliphatic carbocycles. The molecule has 23 heavy (non-hydrogen) atoms. The molecular weight excluding hydrogens is 320 g/mol. The van der Waals surface area contributed by atoms with Crippen LogP contribution in [0.4, 0.5) is 0 Å². The number of hydrogen-bond donors (Lipinski definition) is 2. The maximum absolute atomic E-state index is 12.8. The number of benzene rings is 1. The highest BCUT2D eigenvalue weighted by Gasteiger charge is 2.44. The number of nitrogens with zero attached hydrogens (tertiary/aromatic N) is 1. The number of nitrogens with one attached hydrogen (secondary N) is 1. The van der Waals surface area contributed by atoms with Gasteiger partial charge in [-0.15, -0.1) is 0 Å². The fraction of sp³-hybridized carbons (Fsp3) is 0.333. The first-order valence-corrected chi connectivity index (χ1v) is 8.62. The average molecular weight is 336 g/mol. The molecule has 0 saturated carbocycles. The van der Waals surface area contributed by atoms with Crippen LogP contribution in [0.3, 0.4) is 0 Å². The number of carbonyl (C=O) groups is 1. The van der Waals surface area contributed by atoms with Crippen molar-refractivity contribution in [2.75, 3.05) is 13.2 Å². The molecule has 8 heteroatoms. The minimum absolute atomic E-state index is 0.0233. The average Bonchev–Trinajstić information content (AvgIpc) is 2.54. The predicted molar refractivity (Wildman–Crippen MR) is 82.5 cm³/mol. The topological polar surface area (TPSA) is 106 Å². The van der Waals surface area contributed by atoms with Crippen molar-refractivity contribution in [1.82, 2.24) is 9.71 Å². The van der Waals surface area contributed by atoms with Crippen molar-refractivity contribution in [2.24, 2.45) is 0 Å². The minimum atomic E-state index is -4.02. The summed E-state index contributed by atoms with van der Waals surface area (Å²) in [5, 5.41) is 9.97. The number of rotatable bonds is 4. The highest BCUT2D eigenvalue weighted by Crippen LogP contribution is 2.27. The molecule has 1 aliphatic rings. The molecule has 0 atom stereocenters. The standard InChI is InChI=1S/C15H16N2O5S/c18-14(19)15(6-9-22-10-7-15)17-23(20,21)13-5-1-4-12-11(13)3-2-8-16-12/h1-5,8,17H,6-7,9-10H2,(H,18,19). The van der Waals surface area contributed by atoms with Crippen LogP contribution in [0.1, 0.15) is 12.8 Å². The predicted octanol–water partition coefficient (Wildman–Crippen LogP) is 1.15. The van der Waals surface area contributed by atoms with Gasteiger partial charge in [-0.3, -0.25) is 9.78 Å². The second kappa shape index (κ2) is 5.88. The van der Waals surface area contributed by atoms with E-state index in [-0.39, 0.29) is 31.0 Å². The zero-order valence-electron chi connectivity index (χ0n) is 12.2. The molecule has 1 aromatic carbocycles. The molecule has 2 N–H and O–H groups in total. The molecule has 2 aromatic rings. The summed E-state index contributed by atoms with van der Waals surface area (Å²) in [5.41, 5.74) is -1.01. The van der Waals surface area contributed by atoms with Crippen molar-refractivity contribution in [3.8, 4) is 0 Å². The van der Waals surface area contributed by atoms with Crippen LogP contribution in [0, 0.1) is 0 Å². The molecule has 122 valence electrons. The molecule has 3 rings (SSSR count). The van der Waals surface area contributed by atoms with Gasteiger partial charge in [0, 0.05) is 37.6 Å². The van der Waals surface area contributed by atoms with Gasteiger partial charge in [-0.2, -0.15) is 4.72 Å². The van der Waals surface area contributed by atoms with E-state index in [0.717, 1.165) is 0 Å². The SMILES string of the molecule is O=C(O)C1(NS(=O)(=O)c2cccc3ncccc23)CCOCC1. The van der Waals surface area contributed by atoms with Gasteiger partial charge in [0.25, 0.3) is 0 Å². The van der Waals surface area contributed by atoms with Crippen LogP contribution in [-0.2, 0) is 19.6 Å². The normalized spacial score (nSPS) is 17.9. The fourth-order valence-corrected chi connectivity index (χ4v) is 4.34. The van der Waals surface area contributed by atoms with Gasteiger partial charge in [0.05, 0.1) is 10.4 Å². The number of aliphatic carboxylic acids is 1. The summed E-state index contributed by atoms with van der Waals surface area (Å²) in [5.74, 6) is -1.19. The molecule has 7 nitrogen and oxygen atoms in total. The summed E-state index contributed by atoms with van der Waals surface area (Å²) >= 11 is 0. The Kier molecular flexibility index (Phi) is 4.05. The maximum Gasteiger partial charge on any atom is 0.325 e. The number of carboxylic acids is 1. The van der Waals surface area contributed by atoms with E-state index < -0.39 is 21.5 Å². The van der Waals surface area contributed by atoms with Crippen molar-refractivity contribution >= 4 is 26.9 Å². The molecule has 2 heterocycles. The molecule has 0 spiro atoms. The van der Waals surface area contributed by atoms with Crippen molar-refractivity contribution in [3.63, 3.8) is 0 Å². The first kappa shape index (κ1) is 15.9. The Morgan fingerprint density at radius 3 is 2.65 bits per heavy atom.